The van der Waals surface area contributed by atoms with Crippen molar-refractivity contribution in [2.45, 2.75) is 19.9 Å². The van der Waals surface area contributed by atoms with E-state index in [1.807, 2.05) is 6.07 Å². The summed E-state index contributed by atoms with van der Waals surface area (Å²) >= 11 is 0. The van der Waals surface area contributed by atoms with Crippen molar-refractivity contribution < 1.29 is 14.7 Å². The van der Waals surface area contributed by atoms with Crippen LogP contribution >= 0.6 is 0 Å². The maximum Gasteiger partial charge on any atom is 0.260 e. The van der Waals surface area contributed by atoms with Gasteiger partial charge in [-0.1, -0.05) is 24.3 Å². The van der Waals surface area contributed by atoms with E-state index in [0.29, 0.717) is 17.5 Å². The molecule has 0 bridgehead atoms. The van der Waals surface area contributed by atoms with Gasteiger partial charge in [0, 0.05) is 30.4 Å². The predicted molar refractivity (Wildman–Crippen MR) is 89.8 cm³/mol. The van der Waals surface area contributed by atoms with E-state index in [-0.39, 0.29) is 37.6 Å². The zero-order chi connectivity index (χ0) is 17.5. The van der Waals surface area contributed by atoms with E-state index in [0.717, 1.165) is 10.5 Å². The first kappa shape index (κ1) is 17.6. The SMILES string of the molecule is Cc1ccccc1C(=O)N(C=O)CCc1cccn(CCO)c1=O. The van der Waals surface area contributed by atoms with E-state index < -0.39 is 0 Å². The van der Waals surface area contributed by atoms with Crippen LogP contribution in [0.1, 0.15) is 21.5 Å². The summed E-state index contributed by atoms with van der Waals surface area (Å²) in [5.41, 5.74) is 1.53. The largest absolute Gasteiger partial charge is 0.395 e. The van der Waals surface area contributed by atoms with E-state index in [2.05, 4.69) is 0 Å². The second-order valence-electron chi connectivity index (χ2n) is 5.42. The molecule has 2 amide bonds. The number of pyridine rings is 1. The molecule has 0 radical (unpaired) electrons. The number of amides is 2. The summed E-state index contributed by atoms with van der Waals surface area (Å²) in [5, 5.41) is 8.96. The summed E-state index contributed by atoms with van der Waals surface area (Å²) in [6.45, 7) is 2.01. The first-order valence-corrected chi connectivity index (χ1v) is 7.69. The number of aliphatic hydroxyl groups excluding tert-OH is 1. The highest BCUT2D eigenvalue weighted by molar-refractivity contribution is 6.00. The first-order valence-electron chi connectivity index (χ1n) is 7.69. The van der Waals surface area contributed by atoms with E-state index in [4.69, 9.17) is 5.11 Å². The molecule has 2 aromatic rings. The van der Waals surface area contributed by atoms with Gasteiger partial charge >= 0.3 is 0 Å². The summed E-state index contributed by atoms with van der Waals surface area (Å²) < 4.78 is 1.41. The van der Waals surface area contributed by atoms with Crippen LogP contribution < -0.4 is 5.56 Å². The molecule has 1 N–H and O–H groups in total. The quantitative estimate of drug-likeness (QED) is 0.769. The lowest BCUT2D eigenvalue weighted by molar-refractivity contribution is -0.115. The lowest BCUT2D eigenvalue weighted by Gasteiger charge is -2.17. The highest BCUT2D eigenvalue weighted by Crippen LogP contribution is 2.10. The number of aliphatic hydroxyl groups is 1. The number of carbonyl (C=O) groups excluding carboxylic acids is 2. The molecule has 1 heterocycles. The van der Waals surface area contributed by atoms with E-state index in [1.165, 1.54) is 4.57 Å². The molecule has 0 fully saturated rings. The number of imide groups is 1. The molecule has 6 heteroatoms. The van der Waals surface area contributed by atoms with Crippen molar-refractivity contribution in [1.82, 2.24) is 9.47 Å². The Morgan fingerprint density at radius 1 is 1.25 bits per heavy atom. The molecule has 0 aliphatic heterocycles. The minimum absolute atomic E-state index is 0.120. The van der Waals surface area contributed by atoms with Crippen LogP contribution in [0.4, 0.5) is 0 Å². The van der Waals surface area contributed by atoms with Gasteiger partial charge in [0.2, 0.25) is 6.41 Å². The fourth-order valence-electron chi connectivity index (χ4n) is 2.47. The van der Waals surface area contributed by atoms with Gasteiger partial charge in [0.25, 0.3) is 11.5 Å². The van der Waals surface area contributed by atoms with Crippen LogP contribution in [0, 0.1) is 6.92 Å². The zero-order valence-corrected chi connectivity index (χ0v) is 13.5. The molecule has 0 aliphatic carbocycles. The van der Waals surface area contributed by atoms with Crippen molar-refractivity contribution in [3.05, 3.63) is 69.6 Å². The number of rotatable bonds is 7. The Kier molecular flexibility index (Phi) is 6.03. The van der Waals surface area contributed by atoms with E-state index in [1.54, 1.807) is 43.5 Å². The Labute approximate surface area is 140 Å². The van der Waals surface area contributed by atoms with E-state index >= 15 is 0 Å². The Balaban J connectivity index is 2.14. The molecule has 0 spiro atoms. The zero-order valence-electron chi connectivity index (χ0n) is 13.5. The van der Waals surface area contributed by atoms with Gasteiger partial charge < -0.3 is 9.67 Å². The summed E-state index contributed by atoms with van der Waals surface area (Å²) in [7, 11) is 0. The number of hydrogen-bond donors (Lipinski definition) is 1. The molecular weight excluding hydrogens is 308 g/mol. The maximum atomic E-state index is 12.5. The van der Waals surface area contributed by atoms with Gasteiger partial charge in [0.15, 0.2) is 0 Å². The number of hydrogen-bond acceptors (Lipinski definition) is 4. The Morgan fingerprint density at radius 2 is 2.00 bits per heavy atom. The number of aryl methyl sites for hydroxylation is 1. The lowest BCUT2D eigenvalue weighted by atomic mass is 10.1. The third-order valence-corrected chi connectivity index (χ3v) is 3.83. The molecule has 1 aromatic heterocycles. The molecule has 0 atom stereocenters. The topological polar surface area (TPSA) is 79.6 Å². The number of aromatic nitrogens is 1. The van der Waals surface area contributed by atoms with Crippen molar-refractivity contribution in [3.63, 3.8) is 0 Å². The average Bonchev–Trinajstić information content (AvgIpc) is 2.59. The molecule has 2 rings (SSSR count). The van der Waals surface area contributed by atoms with Crippen LogP contribution in [0.25, 0.3) is 0 Å². The number of carbonyl (C=O) groups is 2. The van der Waals surface area contributed by atoms with Crippen LogP contribution in [-0.2, 0) is 17.8 Å². The summed E-state index contributed by atoms with van der Waals surface area (Å²) in [6, 6.07) is 10.4. The first-order chi connectivity index (χ1) is 11.6. The standard InChI is InChI=1S/C18H20N2O4/c1-14-5-2-3-7-16(14)18(24)20(13-22)10-8-15-6-4-9-19(11-12-21)17(15)23/h2-7,9,13,21H,8,10-12H2,1H3. The van der Waals surface area contributed by atoms with Gasteiger partial charge in [0.05, 0.1) is 6.61 Å². The van der Waals surface area contributed by atoms with Crippen molar-refractivity contribution in [1.29, 1.82) is 0 Å². The third kappa shape index (κ3) is 3.97. The molecule has 6 nitrogen and oxygen atoms in total. The molecule has 0 saturated heterocycles. The van der Waals surface area contributed by atoms with Gasteiger partial charge in [-0.3, -0.25) is 19.3 Å². The number of nitrogens with zero attached hydrogens (tertiary/aromatic N) is 2. The molecule has 0 unspecified atom stereocenters. The smallest absolute Gasteiger partial charge is 0.260 e. The highest BCUT2D eigenvalue weighted by Gasteiger charge is 2.17. The van der Waals surface area contributed by atoms with Crippen LogP contribution in [-0.4, -0.2) is 40.0 Å². The maximum absolute atomic E-state index is 12.5. The third-order valence-electron chi connectivity index (χ3n) is 3.83. The second-order valence-corrected chi connectivity index (χ2v) is 5.42. The summed E-state index contributed by atoms with van der Waals surface area (Å²) in [4.78, 5) is 37.0. The van der Waals surface area contributed by atoms with Gasteiger partial charge in [-0.25, -0.2) is 0 Å². The van der Waals surface area contributed by atoms with Gasteiger partial charge in [-0.2, -0.15) is 0 Å². The summed E-state index contributed by atoms with van der Waals surface area (Å²) in [5.74, 6) is -0.380. The van der Waals surface area contributed by atoms with Crippen LogP contribution in [0.5, 0.6) is 0 Å². The summed E-state index contributed by atoms with van der Waals surface area (Å²) in [6.07, 6.45) is 2.35. The number of benzene rings is 1. The van der Waals surface area contributed by atoms with Gasteiger partial charge in [-0.05, 0) is 31.0 Å². The minimum atomic E-state index is -0.380. The van der Waals surface area contributed by atoms with Crippen molar-refractivity contribution in [3.8, 4) is 0 Å². The fraction of sp³-hybridized carbons (Fsp3) is 0.278. The molecule has 0 aliphatic rings. The average molecular weight is 328 g/mol. The highest BCUT2D eigenvalue weighted by atomic mass is 16.3. The monoisotopic (exact) mass is 328 g/mol. The molecular formula is C18H20N2O4. The van der Waals surface area contributed by atoms with Crippen LogP contribution in [0.2, 0.25) is 0 Å². The van der Waals surface area contributed by atoms with Crippen molar-refractivity contribution in [2.24, 2.45) is 0 Å². The Hall–Kier alpha value is -2.73. The molecule has 0 saturated carbocycles. The van der Waals surface area contributed by atoms with Crippen LogP contribution in [0.3, 0.4) is 0 Å². The molecule has 126 valence electrons. The van der Waals surface area contributed by atoms with Crippen molar-refractivity contribution >= 4 is 12.3 Å². The minimum Gasteiger partial charge on any atom is -0.395 e. The predicted octanol–water partition coefficient (Wildman–Crippen LogP) is 0.990. The van der Waals surface area contributed by atoms with Gasteiger partial charge in [0.1, 0.15) is 0 Å². The molecule has 24 heavy (non-hydrogen) atoms. The Bertz CT molecular complexity index is 783. The normalized spacial score (nSPS) is 10.4. The second kappa shape index (κ2) is 8.21. The fourth-order valence-corrected chi connectivity index (χ4v) is 2.47. The van der Waals surface area contributed by atoms with Gasteiger partial charge in [-0.15, -0.1) is 0 Å². The van der Waals surface area contributed by atoms with Crippen LogP contribution in [0.15, 0.2) is 47.4 Å². The molecule has 1 aromatic carbocycles. The van der Waals surface area contributed by atoms with E-state index in [9.17, 15) is 14.4 Å². The van der Waals surface area contributed by atoms with Crippen molar-refractivity contribution in [2.75, 3.05) is 13.2 Å². The Morgan fingerprint density at radius 3 is 2.67 bits per heavy atom. The lowest BCUT2D eigenvalue weighted by Crippen LogP contribution is -2.34.